The van der Waals surface area contributed by atoms with Crippen LogP contribution in [0.25, 0.3) is 0 Å². The van der Waals surface area contributed by atoms with E-state index in [4.69, 9.17) is 23.2 Å². The highest BCUT2D eigenvalue weighted by molar-refractivity contribution is 9.11. The molecule has 1 N–H and O–H groups in total. The van der Waals surface area contributed by atoms with Gasteiger partial charge < -0.3 is 5.11 Å². The first kappa shape index (κ1) is 16.2. The first-order chi connectivity index (χ1) is 8.13. The zero-order valence-electron chi connectivity index (χ0n) is 9.82. The lowest BCUT2D eigenvalue weighted by Gasteiger charge is -2.30. The van der Waals surface area contributed by atoms with Crippen molar-refractivity contribution in [3.63, 3.8) is 0 Å². The van der Waals surface area contributed by atoms with Crippen molar-refractivity contribution >= 4 is 49.0 Å². The summed E-state index contributed by atoms with van der Waals surface area (Å²) in [5.41, 5.74) is 0.324. The number of sulfone groups is 1. The molecule has 0 amide bonds. The predicted molar refractivity (Wildman–Crippen MR) is 78.2 cm³/mol. The van der Waals surface area contributed by atoms with Crippen LogP contribution in [0.4, 0.5) is 0 Å². The Kier molecular flexibility index (Phi) is 5.12. The highest BCUT2D eigenvalue weighted by atomic mass is 79.9. The molecule has 0 radical (unpaired) electrons. The molecule has 0 bridgehead atoms. The summed E-state index contributed by atoms with van der Waals surface area (Å²) in [5.74, 6) is 0. The summed E-state index contributed by atoms with van der Waals surface area (Å²) in [5, 5.41) is 10.9. The molecule has 0 aliphatic carbocycles. The average molecular weight is 376 g/mol. The lowest BCUT2D eigenvalue weighted by Crippen LogP contribution is -2.37. The molecule has 7 heteroatoms. The van der Waals surface area contributed by atoms with Crippen molar-refractivity contribution < 1.29 is 13.5 Å². The number of benzene rings is 1. The number of alkyl halides is 1. The highest BCUT2D eigenvalue weighted by Crippen LogP contribution is 2.43. The second-order valence-electron chi connectivity index (χ2n) is 3.98. The van der Waals surface area contributed by atoms with Gasteiger partial charge in [-0.15, -0.1) is 0 Å². The lowest BCUT2D eigenvalue weighted by atomic mass is 10.0. The summed E-state index contributed by atoms with van der Waals surface area (Å²) in [6.07, 6.45) is -0.00758. The zero-order valence-corrected chi connectivity index (χ0v) is 13.7. The van der Waals surface area contributed by atoms with Crippen molar-refractivity contribution in [1.82, 2.24) is 0 Å². The maximum atomic E-state index is 11.8. The molecule has 18 heavy (non-hydrogen) atoms. The molecule has 3 nitrogen and oxygen atoms in total. The van der Waals surface area contributed by atoms with Gasteiger partial charge in [0.05, 0.1) is 0 Å². The topological polar surface area (TPSA) is 54.4 Å². The van der Waals surface area contributed by atoms with Crippen LogP contribution >= 0.6 is 39.1 Å². The number of halogens is 3. The largest absolute Gasteiger partial charge is 0.386 e. The molecule has 0 saturated heterocycles. The van der Waals surface area contributed by atoms with Crippen LogP contribution in [0, 0.1) is 0 Å². The molecule has 0 aliphatic heterocycles. The molecule has 1 aromatic carbocycles. The summed E-state index contributed by atoms with van der Waals surface area (Å²) in [4.78, 5) is 0. The second kappa shape index (κ2) is 5.67. The Labute approximate surface area is 125 Å². The molecule has 0 heterocycles. The van der Waals surface area contributed by atoms with E-state index in [2.05, 4.69) is 15.9 Å². The van der Waals surface area contributed by atoms with Gasteiger partial charge in [-0.3, -0.25) is 0 Å². The van der Waals surface area contributed by atoms with Gasteiger partial charge in [-0.05, 0) is 18.6 Å². The van der Waals surface area contributed by atoms with Crippen molar-refractivity contribution in [2.45, 2.75) is 23.1 Å². The Morgan fingerprint density at radius 2 is 2.00 bits per heavy atom. The average Bonchev–Trinajstić information content (AvgIpc) is 2.25. The van der Waals surface area contributed by atoms with Crippen LogP contribution < -0.4 is 0 Å². The van der Waals surface area contributed by atoms with Gasteiger partial charge in [0.2, 0.25) is 0 Å². The van der Waals surface area contributed by atoms with Gasteiger partial charge in [0.1, 0.15) is 6.10 Å². The Hall–Kier alpha value is 0.190. The van der Waals surface area contributed by atoms with Crippen molar-refractivity contribution in [3.8, 4) is 0 Å². The van der Waals surface area contributed by atoms with E-state index in [0.717, 1.165) is 6.26 Å². The quantitative estimate of drug-likeness (QED) is 0.818. The Morgan fingerprint density at radius 1 is 1.44 bits per heavy atom. The number of aliphatic hydroxyl groups excluding tert-OH is 1. The smallest absolute Gasteiger partial charge is 0.166 e. The van der Waals surface area contributed by atoms with Crippen LogP contribution in [-0.4, -0.2) is 23.4 Å². The van der Waals surface area contributed by atoms with Gasteiger partial charge in [0, 0.05) is 21.9 Å². The third kappa shape index (κ3) is 3.02. The van der Waals surface area contributed by atoms with Gasteiger partial charge in [-0.1, -0.05) is 52.1 Å². The lowest BCUT2D eigenvalue weighted by molar-refractivity contribution is 0.160. The summed E-state index contributed by atoms with van der Waals surface area (Å²) in [7, 11) is -3.51. The van der Waals surface area contributed by atoms with Crippen molar-refractivity contribution in [2.24, 2.45) is 0 Å². The SMILES string of the molecule is CC[C@@](Br)([C@@H](O)c1ccc(Cl)cc1Cl)S(C)(=O)=O. The molecule has 0 aliphatic rings. The third-order valence-electron chi connectivity index (χ3n) is 2.76. The normalized spacial score (nSPS) is 17.2. The molecular weight excluding hydrogens is 363 g/mol. The fraction of sp³-hybridized carbons (Fsp3) is 0.455. The van der Waals surface area contributed by atoms with Gasteiger partial charge in [0.15, 0.2) is 13.5 Å². The van der Waals surface area contributed by atoms with Gasteiger partial charge in [-0.25, -0.2) is 8.42 Å². The number of hydrogen-bond acceptors (Lipinski definition) is 3. The molecule has 0 spiro atoms. The summed E-state index contributed by atoms with van der Waals surface area (Å²) in [6.45, 7) is 1.67. The maximum Gasteiger partial charge on any atom is 0.166 e. The van der Waals surface area contributed by atoms with Crippen LogP contribution in [0.2, 0.25) is 10.0 Å². The summed E-state index contributed by atoms with van der Waals surface area (Å²) >= 11 is 14.9. The van der Waals surface area contributed by atoms with E-state index in [1.54, 1.807) is 13.0 Å². The minimum atomic E-state index is -3.51. The van der Waals surface area contributed by atoms with Crippen molar-refractivity contribution in [3.05, 3.63) is 33.8 Å². The van der Waals surface area contributed by atoms with Crippen LogP contribution in [0.1, 0.15) is 25.0 Å². The molecule has 0 aromatic heterocycles. The summed E-state index contributed by atoms with van der Waals surface area (Å²) < 4.78 is 22.1. The molecule has 2 atom stereocenters. The van der Waals surface area contributed by atoms with E-state index in [-0.39, 0.29) is 11.4 Å². The van der Waals surface area contributed by atoms with Crippen LogP contribution in [0.5, 0.6) is 0 Å². The van der Waals surface area contributed by atoms with Crippen LogP contribution in [0.3, 0.4) is 0 Å². The summed E-state index contributed by atoms with van der Waals surface area (Å²) in [6, 6.07) is 4.54. The van der Waals surface area contributed by atoms with Crippen molar-refractivity contribution in [1.29, 1.82) is 0 Å². The second-order valence-corrected chi connectivity index (χ2v) is 9.04. The van der Waals surface area contributed by atoms with Gasteiger partial charge >= 0.3 is 0 Å². The maximum absolute atomic E-state index is 11.8. The van der Waals surface area contributed by atoms with E-state index in [9.17, 15) is 13.5 Å². The molecule has 102 valence electrons. The first-order valence-corrected chi connectivity index (χ1v) is 8.59. The molecule has 0 unspecified atom stereocenters. The van der Waals surface area contributed by atoms with E-state index in [1.807, 2.05) is 0 Å². The Morgan fingerprint density at radius 3 is 2.39 bits per heavy atom. The van der Waals surface area contributed by atoms with Gasteiger partial charge in [-0.2, -0.15) is 0 Å². The van der Waals surface area contributed by atoms with Crippen LogP contribution in [-0.2, 0) is 9.84 Å². The predicted octanol–water partition coefficient (Wildman–Crippen LogP) is 3.57. The fourth-order valence-electron chi connectivity index (χ4n) is 1.61. The number of rotatable bonds is 4. The van der Waals surface area contributed by atoms with Crippen molar-refractivity contribution in [2.75, 3.05) is 6.26 Å². The molecule has 1 rings (SSSR count). The molecular formula is C11H13BrCl2O3S. The highest BCUT2D eigenvalue weighted by Gasteiger charge is 2.44. The van der Waals surface area contributed by atoms with E-state index in [0.29, 0.717) is 10.6 Å². The van der Waals surface area contributed by atoms with E-state index in [1.165, 1.54) is 12.1 Å². The minimum Gasteiger partial charge on any atom is -0.386 e. The minimum absolute atomic E-state index is 0.200. The third-order valence-corrected chi connectivity index (χ3v) is 7.83. The standard InChI is InChI=1S/C11H13BrCl2O3S/c1-3-11(12,18(2,16)17)10(15)8-5-4-7(13)6-9(8)14/h4-6,10,15H,3H2,1-2H3/t10-,11-/m0/s1. The first-order valence-electron chi connectivity index (χ1n) is 5.15. The molecule has 1 aromatic rings. The Bertz CT molecular complexity index is 547. The fourth-order valence-corrected chi connectivity index (χ4v) is 3.43. The number of aliphatic hydroxyl groups is 1. The number of hydrogen-bond donors (Lipinski definition) is 1. The van der Waals surface area contributed by atoms with Gasteiger partial charge in [0.25, 0.3) is 0 Å². The van der Waals surface area contributed by atoms with E-state index >= 15 is 0 Å². The molecule has 0 fully saturated rings. The zero-order chi connectivity index (χ0) is 14.1. The van der Waals surface area contributed by atoms with Crippen LogP contribution in [0.15, 0.2) is 18.2 Å². The van der Waals surface area contributed by atoms with E-state index < -0.39 is 19.6 Å². The molecule has 0 saturated carbocycles. The monoisotopic (exact) mass is 374 g/mol. The Balaban J connectivity index is 3.32.